The first kappa shape index (κ1) is 16.4. The third kappa shape index (κ3) is 4.51. The molecule has 1 fully saturated rings. The molecule has 1 heterocycles. The summed E-state index contributed by atoms with van der Waals surface area (Å²) in [7, 11) is 0. The van der Waals surface area contributed by atoms with E-state index in [1.807, 2.05) is 0 Å². The van der Waals surface area contributed by atoms with E-state index in [-0.39, 0.29) is 16.8 Å². The van der Waals surface area contributed by atoms with Crippen molar-refractivity contribution in [2.45, 2.75) is 38.4 Å². The lowest BCUT2D eigenvalue weighted by atomic mass is 10.0. The Bertz CT molecular complexity index is 468. The molecular formula is C15H20ClF3N2. The van der Waals surface area contributed by atoms with Gasteiger partial charge in [-0.2, -0.15) is 13.2 Å². The van der Waals surface area contributed by atoms with Gasteiger partial charge in [0, 0.05) is 29.8 Å². The minimum Gasteiger partial charge on any atom is -0.382 e. The Balaban J connectivity index is 2.04. The van der Waals surface area contributed by atoms with E-state index in [4.69, 9.17) is 11.6 Å². The van der Waals surface area contributed by atoms with E-state index in [0.29, 0.717) is 0 Å². The van der Waals surface area contributed by atoms with Crippen LogP contribution in [0.15, 0.2) is 18.2 Å². The zero-order valence-corrected chi connectivity index (χ0v) is 12.8. The first-order chi connectivity index (χ1) is 9.90. The molecule has 1 aromatic carbocycles. The molecule has 0 radical (unpaired) electrons. The zero-order valence-electron chi connectivity index (χ0n) is 12.0. The Hall–Kier alpha value is -0.940. The molecule has 21 heavy (non-hydrogen) atoms. The van der Waals surface area contributed by atoms with Gasteiger partial charge < -0.3 is 10.2 Å². The molecule has 118 valence electrons. The molecule has 2 rings (SSSR count). The number of nitrogens with zero attached hydrogens (tertiary/aromatic N) is 1. The summed E-state index contributed by atoms with van der Waals surface area (Å²) in [5.41, 5.74) is -0.563. The van der Waals surface area contributed by atoms with Gasteiger partial charge in [-0.25, -0.2) is 0 Å². The van der Waals surface area contributed by atoms with E-state index in [1.165, 1.54) is 12.1 Å². The molecule has 0 saturated carbocycles. The molecule has 2 nitrogen and oxygen atoms in total. The monoisotopic (exact) mass is 320 g/mol. The Morgan fingerprint density at radius 2 is 1.95 bits per heavy atom. The number of hydrogen-bond donors (Lipinski definition) is 1. The highest BCUT2D eigenvalue weighted by Gasteiger charge is 2.34. The molecule has 6 heteroatoms. The summed E-state index contributed by atoms with van der Waals surface area (Å²) in [6, 6.07) is 3.98. The Kier molecular flexibility index (Phi) is 5.38. The van der Waals surface area contributed by atoms with Crippen LogP contribution in [0.4, 0.5) is 18.9 Å². The summed E-state index contributed by atoms with van der Waals surface area (Å²) in [4.78, 5) is 2.35. The molecule has 0 spiro atoms. The predicted octanol–water partition coefficient (Wildman–Crippen LogP) is 4.65. The maximum atomic E-state index is 13.0. The van der Waals surface area contributed by atoms with Crippen LogP contribution in [0.2, 0.25) is 5.02 Å². The van der Waals surface area contributed by atoms with Crippen molar-refractivity contribution in [1.82, 2.24) is 4.90 Å². The van der Waals surface area contributed by atoms with Crippen molar-refractivity contribution in [3.63, 3.8) is 0 Å². The van der Waals surface area contributed by atoms with Gasteiger partial charge in [0.1, 0.15) is 0 Å². The second-order valence-corrected chi connectivity index (χ2v) is 5.88. The number of hydrogen-bond acceptors (Lipinski definition) is 2. The number of piperidine rings is 1. The van der Waals surface area contributed by atoms with Gasteiger partial charge >= 0.3 is 6.18 Å². The fraction of sp³-hybridized carbons (Fsp3) is 0.600. The summed E-state index contributed by atoms with van der Waals surface area (Å²) < 4.78 is 39.1. The zero-order chi connectivity index (χ0) is 15.5. The SMILES string of the molecule is CCCN1CCC(Nc2ccc(Cl)cc2C(F)(F)F)CC1. The highest BCUT2D eigenvalue weighted by molar-refractivity contribution is 6.30. The molecule has 1 saturated heterocycles. The third-order valence-corrected chi connectivity index (χ3v) is 4.01. The Morgan fingerprint density at radius 1 is 1.29 bits per heavy atom. The van der Waals surface area contributed by atoms with Crippen LogP contribution in [0.25, 0.3) is 0 Å². The lowest BCUT2D eigenvalue weighted by Crippen LogP contribution is -2.39. The lowest BCUT2D eigenvalue weighted by molar-refractivity contribution is -0.137. The molecule has 0 amide bonds. The molecular weight excluding hydrogens is 301 g/mol. The van der Waals surface area contributed by atoms with Gasteiger partial charge in [-0.1, -0.05) is 18.5 Å². The molecule has 1 aliphatic rings. The van der Waals surface area contributed by atoms with Gasteiger partial charge in [0.05, 0.1) is 5.56 Å². The van der Waals surface area contributed by atoms with Crippen LogP contribution in [-0.2, 0) is 6.18 Å². The highest BCUT2D eigenvalue weighted by atomic mass is 35.5. The van der Waals surface area contributed by atoms with Crippen LogP contribution >= 0.6 is 11.6 Å². The second kappa shape index (κ2) is 6.88. The van der Waals surface area contributed by atoms with Gasteiger partial charge in [-0.3, -0.25) is 0 Å². The van der Waals surface area contributed by atoms with Gasteiger partial charge in [-0.05, 0) is 44.0 Å². The van der Waals surface area contributed by atoms with Crippen LogP contribution in [0, 0.1) is 0 Å². The van der Waals surface area contributed by atoms with Crippen molar-refractivity contribution in [3.05, 3.63) is 28.8 Å². The number of anilines is 1. The van der Waals surface area contributed by atoms with Crippen molar-refractivity contribution in [2.24, 2.45) is 0 Å². The summed E-state index contributed by atoms with van der Waals surface area (Å²) >= 11 is 5.69. The fourth-order valence-corrected chi connectivity index (χ4v) is 2.89. The average Bonchev–Trinajstić information content (AvgIpc) is 2.42. The van der Waals surface area contributed by atoms with E-state index in [2.05, 4.69) is 17.1 Å². The quantitative estimate of drug-likeness (QED) is 0.869. The first-order valence-electron chi connectivity index (χ1n) is 7.25. The standard InChI is InChI=1S/C15H20ClF3N2/c1-2-7-21-8-5-12(6-9-21)20-14-4-3-11(16)10-13(14)15(17,18)19/h3-4,10,12,20H,2,5-9H2,1H3. The highest BCUT2D eigenvalue weighted by Crippen LogP contribution is 2.37. The second-order valence-electron chi connectivity index (χ2n) is 5.45. The van der Waals surface area contributed by atoms with Crippen LogP contribution in [0.3, 0.4) is 0 Å². The van der Waals surface area contributed by atoms with Crippen LogP contribution in [0.1, 0.15) is 31.7 Å². The molecule has 0 aromatic heterocycles. The Morgan fingerprint density at radius 3 is 2.52 bits per heavy atom. The van der Waals surface area contributed by atoms with Crippen LogP contribution in [-0.4, -0.2) is 30.6 Å². The number of benzene rings is 1. The van der Waals surface area contributed by atoms with E-state index in [0.717, 1.165) is 45.0 Å². The summed E-state index contributed by atoms with van der Waals surface area (Å²) in [5, 5.41) is 3.14. The summed E-state index contributed by atoms with van der Waals surface area (Å²) in [6.45, 7) is 5.05. The molecule has 1 aliphatic heterocycles. The van der Waals surface area contributed by atoms with Gasteiger partial charge in [-0.15, -0.1) is 0 Å². The van der Waals surface area contributed by atoms with E-state index in [9.17, 15) is 13.2 Å². The number of halogens is 4. The molecule has 0 unspecified atom stereocenters. The fourth-order valence-electron chi connectivity index (χ4n) is 2.71. The molecule has 0 aliphatic carbocycles. The lowest BCUT2D eigenvalue weighted by Gasteiger charge is -2.33. The molecule has 0 bridgehead atoms. The third-order valence-electron chi connectivity index (χ3n) is 3.77. The smallest absolute Gasteiger partial charge is 0.382 e. The van der Waals surface area contributed by atoms with Gasteiger partial charge in [0.15, 0.2) is 0 Å². The largest absolute Gasteiger partial charge is 0.418 e. The summed E-state index contributed by atoms with van der Waals surface area (Å²) in [6.07, 6.45) is -1.57. The number of rotatable bonds is 4. The van der Waals surface area contributed by atoms with Crippen LogP contribution in [0.5, 0.6) is 0 Å². The van der Waals surface area contributed by atoms with E-state index < -0.39 is 11.7 Å². The van der Waals surface area contributed by atoms with E-state index >= 15 is 0 Å². The maximum Gasteiger partial charge on any atom is 0.418 e. The molecule has 1 N–H and O–H groups in total. The summed E-state index contributed by atoms with van der Waals surface area (Å²) in [5.74, 6) is 0. The molecule has 0 atom stereocenters. The minimum absolute atomic E-state index is 0.0837. The van der Waals surface area contributed by atoms with Crippen molar-refractivity contribution in [3.8, 4) is 0 Å². The number of alkyl halides is 3. The minimum atomic E-state index is -4.39. The van der Waals surface area contributed by atoms with Crippen LogP contribution < -0.4 is 5.32 Å². The van der Waals surface area contributed by atoms with Gasteiger partial charge in [0.25, 0.3) is 0 Å². The predicted molar refractivity (Wildman–Crippen MR) is 79.8 cm³/mol. The molecule has 1 aromatic rings. The maximum absolute atomic E-state index is 13.0. The van der Waals surface area contributed by atoms with Crippen molar-refractivity contribution >= 4 is 17.3 Å². The van der Waals surface area contributed by atoms with Crippen molar-refractivity contribution in [2.75, 3.05) is 25.0 Å². The number of likely N-dealkylation sites (tertiary alicyclic amines) is 1. The normalized spacial score (nSPS) is 18.0. The number of nitrogens with one attached hydrogen (secondary N) is 1. The Labute approximate surface area is 128 Å². The first-order valence-corrected chi connectivity index (χ1v) is 7.63. The van der Waals surface area contributed by atoms with Crippen molar-refractivity contribution < 1.29 is 13.2 Å². The van der Waals surface area contributed by atoms with E-state index in [1.54, 1.807) is 0 Å². The average molecular weight is 321 g/mol. The van der Waals surface area contributed by atoms with Crippen molar-refractivity contribution in [1.29, 1.82) is 0 Å². The van der Waals surface area contributed by atoms with Gasteiger partial charge in [0.2, 0.25) is 0 Å². The topological polar surface area (TPSA) is 15.3 Å².